The first-order valence-electron chi connectivity index (χ1n) is 7.85. The van der Waals surface area contributed by atoms with Gasteiger partial charge in [-0.05, 0) is 42.7 Å². The molecule has 1 aliphatic carbocycles. The predicted molar refractivity (Wildman–Crippen MR) is 88.2 cm³/mol. The van der Waals surface area contributed by atoms with Gasteiger partial charge in [-0.25, -0.2) is 9.48 Å². The standard InChI is InChI=1S/C18H15N5O/c19-10-13-3-5-14(6-4-13)12-22-18(24)23(16-7-8-16)17(21-22)15-2-1-9-20-11-15/h1-6,9,11,16H,7-8,12H2. The van der Waals surface area contributed by atoms with Crippen molar-refractivity contribution >= 4 is 0 Å². The van der Waals surface area contributed by atoms with Crippen LogP contribution in [0.1, 0.15) is 30.0 Å². The van der Waals surface area contributed by atoms with Gasteiger partial charge in [-0.15, -0.1) is 5.10 Å². The van der Waals surface area contributed by atoms with Crippen LogP contribution in [0.5, 0.6) is 0 Å². The number of nitriles is 1. The number of nitrogens with zero attached hydrogens (tertiary/aromatic N) is 5. The minimum atomic E-state index is -0.0966. The van der Waals surface area contributed by atoms with Crippen LogP contribution in [0.15, 0.2) is 53.6 Å². The topological polar surface area (TPSA) is 76.5 Å². The molecule has 0 radical (unpaired) electrons. The third kappa shape index (κ3) is 2.61. The van der Waals surface area contributed by atoms with Crippen molar-refractivity contribution in [3.05, 3.63) is 70.4 Å². The zero-order valence-corrected chi connectivity index (χ0v) is 13.0. The van der Waals surface area contributed by atoms with Gasteiger partial charge in [0, 0.05) is 24.0 Å². The minimum Gasteiger partial charge on any atom is -0.272 e. The molecule has 24 heavy (non-hydrogen) atoms. The fourth-order valence-electron chi connectivity index (χ4n) is 2.73. The second kappa shape index (κ2) is 5.78. The molecule has 0 aliphatic heterocycles. The van der Waals surface area contributed by atoms with Crippen molar-refractivity contribution < 1.29 is 0 Å². The van der Waals surface area contributed by atoms with Gasteiger partial charge >= 0.3 is 5.69 Å². The number of benzene rings is 1. The van der Waals surface area contributed by atoms with E-state index in [4.69, 9.17) is 5.26 Å². The molecule has 0 saturated heterocycles. The fourth-order valence-corrected chi connectivity index (χ4v) is 2.73. The van der Waals surface area contributed by atoms with E-state index < -0.39 is 0 Å². The molecule has 1 fully saturated rings. The maximum Gasteiger partial charge on any atom is 0.346 e. The lowest BCUT2D eigenvalue weighted by Gasteiger charge is -2.02. The molecule has 4 rings (SSSR count). The smallest absolute Gasteiger partial charge is 0.272 e. The maximum atomic E-state index is 12.8. The van der Waals surface area contributed by atoms with Crippen LogP contribution in [-0.2, 0) is 6.54 Å². The zero-order valence-electron chi connectivity index (χ0n) is 13.0. The van der Waals surface area contributed by atoms with Crippen molar-refractivity contribution in [1.29, 1.82) is 5.26 Å². The van der Waals surface area contributed by atoms with Gasteiger partial charge in [0.25, 0.3) is 0 Å². The van der Waals surface area contributed by atoms with Gasteiger partial charge in [0.2, 0.25) is 0 Å². The molecule has 0 bridgehead atoms. The monoisotopic (exact) mass is 317 g/mol. The summed E-state index contributed by atoms with van der Waals surface area (Å²) in [7, 11) is 0. The molecule has 6 heteroatoms. The summed E-state index contributed by atoms with van der Waals surface area (Å²) < 4.78 is 3.27. The quantitative estimate of drug-likeness (QED) is 0.740. The molecule has 6 nitrogen and oxygen atoms in total. The maximum absolute atomic E-state index is 12.8. The van der Waals surface area contributed by atoms with Crippen molar-refractivity contribution in [3.8, 4) is 17.5 Å². The first-order valence-corrected chi connectivity index (χ1v) is 7.85. The third-order valence-electron chi connectivity index (χ3n) is 4.12. The summed E-state index contributed by atoms with van der Waals surface area (Å²) in [5.41, 5.74) is 2.29. The lowest BCUT2D eigenvalue weighted by atomic mass is 10.1. The highest BCUT2D eigenvalue weighted by Crippen LogP contribution is 2.36. The van der Waals surface area contributed by atoms with Crippen LogP contribution in [-0.4, -0.2) is 19.3 Å². The Bertz CT molecular complexity index is 959. The van der Waals surface area contributed by atoms with Crippen LogP contribution in [0, 0.1) is 11.3 Å². The predicted octanol–water partition coefficient (Wildman–Crippen LogP) is 2.36. The fraction of sp³-hybridized carbons (Fsp3) is 0.222. The molecule has 0 unspecified atom stereocenters. The highest BCUT2D eigenvalue weighted by atomic mass is 16.2. The number of hydrogen-bond acceptors (Lipinski definition) is 4. The van der Waals surface area contributed by atoms with Crippen molar-refractivity contribution in [3.63, 3.8) is 0 Å². The van der Waals surface area contributed by atoms with Crippen LogP contribution < -0.4 is 5.69 Å². The average Bonchev–Trinajstić information content (AvgIpc) is 3.41. The second-order valence-corrected chi connectivity index (χ2v) is 5.92. The van der Waals surface area contributed by atoms with Gasteiger partial charge in [0.1, 0.15) is 0 Å². The van der Waals surface area contributed by atoms with Gasteiger partial charge in [0.05, 0.1) is 18.2 Å². The van der Waals surface area contributed by atoms with Gasteiger partial charge in [-0.3, -0.25) is 9.55 Å². The van der Waals surface area contributed by atoms with Gasteiger partial charge in [-0.2, -0.15) is 5.26 Å². The van der Waals surface area contributed by atoms with Gasteiger partial charge < -0.3 is 0 Å². The van der Waals surface area contributed by atoms with Gasteiger partial charge in [-0.1, -0.05) is 12.1 Å². The zero-order chi connectivity index (χ0) is 16.5. The molecule has 0 spiro atoms. The van der Waals surface area contributed by atoms with Crippen LogP contribution in [0.3, 0.4) is 0 Å². The number of hydrogen-bond donors (Lipinski definition) is 0. The first-order chi connectivity index (χ1) is 11.8. The molecule has 0 atom stereocenters. The molecule has 0 amide bonds. The Hall–Kier alpha value is -3.20. The SMILES string of the molecule is N#Cc1ccc(Cn2nc(-c3cccnc3)n(C3CC3)c2=O)cc1. The summed E-state index contributed by atoms with van der Waals surface area (Å²) in [4.78, 5) is 16.9. The molecule has 1 saturated carbocycles. The largest absolute Gasteiger partial charge is 0.346 e. The normalized spacial score (nSPS) is 13.6. The van der Waals surface area contributed by atoms with E-state index >= 15 is 0 Å². The number of aromatic nitrogens is 4. The lowest BCUT2D eigenvalue weighted by Crippen LogP contribution is -2.25. The van der Waals surface area contributed by atoms with Gasteiger partial charge in [0.15, 0.2) is 5.82 Å². The molecule has 0 N–H and O–H groups in total. The Labute approximate surface area is 138 Å². The summed E-state index contributed by atoms with van der Waals surface area (Å²) in [6.45, 7) is 0.386. The third-order valence-corrected chi connectivity index (χ3v) is 4.12. The van der Waals surface area contributed by atoms with Crippen molar-refractivity contribution in [2.24, 2.45) is 0 Å². The van der Waals surface area contributed by atoms with Crippen LogP contribution in [0.25, 0.3) is 11.4 Å². The lowest BCUT2D eigenvalue weighted by molar-refractivity contribution is 0.626. The number of rotatable bonds is 4. The minimum absolute atomic E-state index is 0.0966. The van der Waals surface area contributed by atoms with Crippen molar-refractivity contribution in [1.82, 2.24) is 19.3 Å². The van der Waals surface area contributed by atoms with E-state index in [0.29, 0.717) is 17.9 Å². The Morgan fingerprint density at radius 3 is 2.62 bits per heavy atom. The molecule has 1 aliphatic rings. The first kappa shape index (κ1) is 14.4. The molecule has 3 aromatic rings. The molecular formula is C18H15N5O. The molecular weight excluding hydrogens is 302 g/mol. The summed E-state index contributed by atoms with van der Waals surface area (Å²) in [6, 6.07) is 13.3. The summed E-state index contributed by atoms with van der Waals surface area (Å²) in [5.74, 6) is 0.671. The van der Waals surface area contributed by atoms with E-state index in [1.54, 1.807) is 29.1 Å². The molecule has 2 aromatic heterocycles. The highest BCUT2D eigenvalue weighted by Gasteiger charge is 2.30. The Morgan fingerprint density at radius 2 is 2.00 bits per heavy atom. The van der Waals surface area contributed by atoms with Crippen LogP contribution in [0.2, 0.25) is 0 Å². The Kier molecular flexibility index (Phi) is 3.47. The van der Waals surface area contributed by atoms with E-state index in [9.17, 15) is 4.79 Å². The molecule has 118 valence electrons. The van der Waals surface area contributed by atoms with E-state index in [2.05, 4.69) is 16.2 Å². The van der Waals surface area contributed by atoms with E-state index in [-0.39, 0.29) is 11.7 Å². The molecule has 2 heterocycles. The van der Waals surface area contributed by atoms with Crippen molar-refractivity contribution in [2.45, 2.75) is 25.4 Å². The van der Waals surface area contributed by atoms with E-state index in [1.165, 1.54) is 4.68 Å². The summed E-state index contributed by atoms with van der Waals surface area (Å²) >= 11 is 0. The van der Waals surface area contributed by atoms with Crippen LogP contribution in [0.4, 0.5) is 0 Å². The Morgan fingerprint density at radius 1 is 1.21 bits per heavy atom. The Balaban J connectivity index is 1.74. The van der Waals surface area contributed by atoms with E-state index in [1.807, 2.05) is 24.3 Å². The molecule has 1 aromatic carbocycles. The van der Waals surface area contributed by atoms with Crippen LogP contribution >= 0.6 is 0 Å². The summed E-state index contributed by atoms with van der Waals surface area (Å²) in [6.07, 6.45) is 5.45. The summed E-state index contributed by atoms with van der Waals surface area (Å²) in [5, 5.41) is 13.4. The number of pyridine rings is 1. The highest BCUT2D eigenvalue weighted by molar-refractivity contribution is 5.53. The average molecular weight is 317 g/mol. The van der Waals surface area contributed by atoms with Crippen molar-refractivity contribution in [2.75, 3.05) is 0 Å². The second-order valence-electron chi connectivity index (χ2n) is 5.92. The van der Waals surface area contributed by atoms with E-state index in [0.717, 1.165) is 24.0 Å².